The van der Waals surface area contributed by atoms with Gasteiger partial charge in [-0.3, -0.25) is 14.4 Å². The lowest BCUT2D eigenvalue weighted by molar-refractivity contribution is 0.0615. The van der Waals surface area contributed by atoms with Gasteiger partial charge >= 0.3 is 0 Å². The summed E-state index contributed by atoms with van der Waals surface area (Å²) in [6.45, 7) is 17.7. The van der Waals surface area contributed by atoms with Crippen molar-refractivity contribution in [3.05, 3.63) is 33.5 Å². The maximum Gasteiger partial charge on any atom is 0.272 e. The van der Waals surface area contributed by atoms with Crippen LogP contribution >= 0.6 is 11.3 Å². The van der Waals surface area contributed by atoms with E-state index in [2.05, 4.69) is 50.0 Å². The van der Waals surface area contributed by atoms with E-state index in [1.807, 2.05) is 22.6 Å². The summed E-state index contributed by atoms with van der Waals surface area (Å²) < 4.78 is 1.84. The number of nitrogens with zero attached hydrogens (tertiary/aromatic N) is 5. The molecule has 0 atom stereocenters. The van der Waals surface area contributed by atoms with Crippen molar-refractivity contribution in [1.82, 2.24) is 24.6 Å². The van der Waals surface area contributed by atoms with E-state index in [-0.39, 0.29) is 11.3 Å². The Hall–Kier alpha value is -1.73. The fraction of sp³-hybridized carbons (Fsp3) is 0.667. The zero-order valence-corrected chi connectivity index (χ0v) is 18.8. The quantitative estimate of drug-likeness (QED) is 0.763. The van der Waals surface area contributed by atoms with E-state index in [0.29, 0.717) is 18.2 Å². The van der Waals surface area contributed by atoms with Gasteiger partial charge < -0.3 is 4.90 Å². The molecule has 1 fully saturated rings. The van der Waals surface area contributed by atoms with Crippen molar-refractivity contribution in [2.75, 3.05) is 26.2 Å². The van der Waals surface area contributed by atoms with Crippen LogP contribution in [0.15, 0.2) is 11.4 Å². The molecule has 1 aliphatic rings. The molecule has 1 amide bonds. The van der Waals surface area contributed by atoms with Crippen LogP contribution in [0, 0.1) is 0 Å². The van der Waals surface area contributed by atoms with Gasteiger partial charge in [-0.25, -0.2) is 4.98 Å². The number of rotatable bonds is 5. The molecular formula is C21H33N5OS. The van der Waals surface area contributed by atoms with Crippen LogP contribution in [0.25, 0.3) is 0 Å². The minimum absolute atomic E-state index is 0.101. The molecule has 0 unspecified atom stereocenters. The fourth-order valence-electron chi connectivity index (χ4n) is 3.36. The van der Waals surface area contributed by atoms with Crippen LogP contribution in [0.5, 0.6) is 0 Å². The molecule has 1 aliphatic heterocycles. The Labute approximate surface area is 172 Å². The average molecular weight is 404 g/mol. The first-order valence-corrected chi connectivity index (χ1v) is 11.1. The monoisotopic (exact) mass is 403 g/mol. The molecule has 1 saturated heterocycles. The van der Waals surface area contributed by atoms with E-state index in [4.69, 9.17) is 4.98 Å². The summed E-state index contributed by atoms with van der Waals surface area (Å²) in [5.41, 5.74) is 2.95. The highest BCUT2D eigenvalue weighted by molar-refractivity contribution is 7.09. The van der Waals surface area contributed by atoms with Crippen LogP contribution in [0.2, 0.25) is 0 Å². The molecule has 154 valence electrons. The normalized spacial score (nSPS) is 16.2. The van der Waals surface area contributed by atoms with Gasteiger partial charge in [-0.05, 0) is 18.9 Å². The van der Waals surface area contributed by atoms with Crippen molar-refractivity contribution < 1.29 is 4.79 Å². The Morgan fingerprint density at radius 3 is 2.43 bits per heavy atom. The molecule has 2 aromatic rings. The van der Waals surface area contributed by atoms with Gasteiger partial charge in [0, 0.05) is 50.1 Å². The summed E-state index contributed by atoms with van der Waals surface area (Å²) in [4.78, 5) is 22.2. The number of hydrogen-bond acceptors (Lipinski definition) is 5. The first kappa shape index (κ1) is 21.0. The molecule has 6 nitrogen and oxygen atoms in total. The van der Waals surface area contributed by atoms with Gasteiger partial charge in [0.1, 0.15) is 5.69 Å². The van der Waals surface area contributed by atoms with Crippen molar-refractivity contribution in [3.63, 3.8) is 0 Å². The number of amides is 1. The molecule has 0 saturated carbocycles. The first-order valence-electron chi connectivity index (χ1n) is 10.2. The number of thiazole rings is 1. The lowest BCUT2D eigenvalue weighted by Crippen LogP contribution is -2.48. The Kier molecular flexibility index (Phi) is 6.25. The maximum absolute atomic E-state index is 13.0. The molecule has 7 heteroatoms. The van der Waals surface area contributed by atoms with Crippen molar-refractivity contribution in [3.8, 4) is 0 Å². The van der Waals surface area contributed by atoms with Gasteiger partial charge in [0.2, 0.25) is 0 Å². The van der Waals surface area contributed by atoms with Gasteiger partial charge in [0.05, 0.1) is 16.4 Å². The van der Waals surface area contributed by atoms with Gasteiger partial charge in [0.25, 0.3) is 5.91 Å². The van der Waals surface area contributed by atoms with Crippen LogP contribution in [0.3, 0.4) is 0 Å². The lowest BCUT2D eigenvalue weighted by Gasteiger charge is -2.34. The Morgan fingerprint density at radius 2 is 1.89 bits per heavy atom. The number of carbonyl (C=O) groups is 1. The predicted molar refractivity (Wildman–Crippen MR) is 114 cm³/mol. The topological polar surface area (TPSA) is 54.3 Å². The minimum Gasteiger partial charge on any atom is -0.335 e. The Balaban J connectivity index is 1.59. The van der Waals surface area contributed by atoms with E-state index in [1.54, 1.807) is 11.3 Å². The van der Waals surface area contributed by atoms with E-state index in [9.17, 15) is 4.79 Å². The van der Waals surface area contributed by atoms with Crippen molar-refractivity contribution in [1.29, 1.82) is 0 Å². The molecule has 3 rings (SSSR count). The zero-order chi connectivity index (χ0) is 20.5. The third-order valence-corrected chi connectivity index (χ3v) is 6.46. The smallest absolute Gasteiger partial charge is 0.272 e. The highest BCUT2D eigenvalue weighted by Crippen LogP contribution is 2.26. The van der Waals surface area contributed by atoms with Crippen LogP contribution in [0.1, 0.15) is 74.3 Å². The van der Waals surface area contributed by atoms with E-state index in [1.165, 1.54) is 5.01 Å². The molecule has 3 heterocycles. The van der Waals surface area contributed by atoms with Crippen LogP contribution in [0.4, 0.5) is 0 Å². The minimum atomic E-state index is 0.101. The number of hydrogen-bond donors (Lipinski definition) is 0. The second-order valence-corrected chi connectivity index (χ2v) is 9.75. The summed E-state index contributed by atoms with van der Waals surface area (Å²) in [5.74, 6) is 0.428. The van der Waals surface area contributed by atoms with Crippen LogP contribution in [-0.2, 0) is 18.5 Å². The SMILES string of the molecule is CCn1nc(C(C)C)cc1C(=O)N1CCN(Cc2csc(C(C)(C)C)n2)CC1. The summed E-state index contributed by atoms with van der Waals surface area (Å²) in [7, 11) is 0. The summed E-state index contributed by atoms with van der Waals surface area (Å²) in [6, 6.07) is 1.96. The average Bonchev–Trinajstić information content (AvgIpc) is 3.28. The number of piperazine rings is 1. The molecule has 0 bridgehead atoms. The van der Waals surface area contributed by atoms with Crippen LogP contribution < -0.4 is 0 Å². The summed E-state index contributed by atoms with van der Waals surface area (Å²) in [5, 5.41) is 7.95. The first-order chi connectivity index (χ1) is 13.2. The maximum atomic E-state index is 13.0. The van der Waals surface area contributed by atoms with Gasteiger partial charge in [-0.15, -0.1) is 11.3 Å². The standard InChI is InChI=1S/C21H33N5OS/c1-7-26-18(12-17(23-26)15(2)3)19(27)25-10-8-24(9-11-25)13-16-14-28-20(22-16)21(4,5)6/h12,14-15H,7-11,13H2,1-6H3. The van der Waals surface area contributed by atoms with Gasteiger partial charge in [-0.1, -0.05) is 34.6 Å². The van der Waals surface area contributed by atoms with Crippen molar-refractivity contribution in [2.24, 2.45) is 0 Å². The Bertz CT molecular complexity index is 809. The third-order valence-electron chi connectivity index (χ3n) is 5.15. The molecule has 0 aliphatic carbocycles. The molecular weight excluding hydrogens is 370 g/mol. The van der Waals surface area contributed by atoms with E-state index < -0.39 is 0 Å². The van der Waals surface area contributed by atoms with E-state index >= 15 is 0 Å². The number of aryl methyl sites for hydroxylation is 1. The summed E-state index contributed by atoms with van der Waals surface area (Å²) >= 11 is 1.74. The molecule has 2 aromatic heterocycles. The molecule has 0 N–H and O–H groups in total. The van der Waals surface area contributed by atoms with Crippen molar-refractivity contribution >= 4 is 17.2 Å². The summed E-state index contributed by atoms with van der Waals surface area (Å²) in [6.07, 6.45) is 0. The third kappa shape index (κ3) is 4.63. The van der Waals surface area contributed by atoms with Gasteiger partial charge in [0.15, 0.2) is 0 Å². The molecule has 28 heavy (non-hydrogen) atoms. The predicted octanol–water partition coefficient (Wildman–Crippen LogP) is 3.74. The fourth-order valence-corrected chi connectivity index (χ4v) is 4.25. The number of aromatic nitrogens is 3. The second-order valence-electron chi connectivity index (χ2n) is 8.89. The lowest BCUT2D eigenvalue weighted by atomic mass is 9.98. The largest absolute Gasteiger partial charge is 0.335 e. The molecule has 0 radical (unpaired) electrons. The van der Waals surface area contributed by atoms with Gasteiger partial charge in [-0.2, -0.15) is 5.10 Å². The number of carbonyl (C=O) groups excluding carboxylic acids is 1. The second kappa shape index (κ2) is 8.33. The molecule has 0 spiro atoms. The van der Waals surface area contributed by atoms with E-state index in [0.717, 1.165) is 44.1 Å². The molecule has 0 aromatic carbocycles. The highest BCUT2D eigenvalue weighted by Gasteiger charge is 2.26. The van der Waals surface area contributed by atoms with Crippen LogP contribution in [-0.4, -0.2) is 56.7 Å². The zero-order valence-electron chi connectivity index (χ0n) is 18.0. The van der Waals surface area contributed by atoms with Crippen molar-refractivity contribution in [2.45, 2.75) is 66.0 Å². The Morgan fingerprint density at radius 1 is 1.21 bits per heavy atom. The highest BCUT2D eigenvalue weighted by atomic mass is 32.1.